The molecule has 0 aliphatic rings. The minimum Gasteiger partial charge on any atom is -0.354 e. The molecule has 39 heavy (non-hydrogen) atoms. The fourth-order valence-electron chi connectivity index (χ4n) is 4.33. The summed E-state index contributed by atoms with van der Waals surface area (Å²) in [6.45, 7) is 5.70. The SMILES string of the molecule is CCCNC(=O)[C@@H](Cc1ccccc1)N(Cc1ccccc1Cl)C(=O)CN(c1cccc(C)c1C)S(C)(=O)=O. The van der Waals surface area contributed by atoms with Crippen LogP contribution in [0.4, 0.5) is 5.69 Å². The molecule has 3 aromatic rings. The van der Waals surface area contributed by atoms with Gasteiger partial charge in [0.25, 0.3) is 0 Å². The number of sulfonamides is 1. The highest BCUT2D eigenvalue weighted by Crippen LogP contribution is 2.26. The largest absolute Gasteiger partial charge is 0.354 e. The number of aryl methyl sites for hydroxylation is 1. The van der Waals surface area contributed by atoms with Gasteiger partial charge in [-0.2, -0.15) is 0 Å². The molecular weight excluding hydrogens is 534 g/mol. The number of nitrogens with zero attached hydrogens (tertiary/aromatic N) is 2. The third-order valence-corrected chi connectivity index (χ3v) is 8.14. The Morgan fingerprint density at radius 1 is 0.949 bits per heavy atom. The number of hydrogen-bond acceptors (Lipinski definition) is 4. The molecule has 0 fully saturated rings. The second kappa shape index (κ2) is 13.6. The average molecular weight is 570 g/mol. The van der Waals surface area contributed by atoms with Crippen LogP contribution in [0, 0.1) is 13.8 Å². The van der Waals surface area contributed by atoms with Crippen molar-refractivity contribution in [1.82, 2.24) is 10.2 Å². The Morgan fingerprint density at radius 2 is 1.62 bits per heavy atom. The fraction of sp³-hybridized carbons (Fsp3) is 0.333. The van der Waals surface area contributed by atoms with Crippen LogP contribution in [-0.2, 0) is 32.6 Å². The normalized spacial score (nSPS) is 12.0. The molecule has 0 aliphatic carbocycles. The van der Waals surface area contributed by atoms with Crippen molar-refractivity contribution in [2.24, 2.45) is 0 Å². The van der Waals surface area contributed by atoms with Gasteiger partial charge in [-0.15, -0.1) is 0 Å². The van der Waals surface area contributed by atoms with Gasteiger partial charge in [0.1, 0.15) is 12.6 Å². The second-order valence-electron chi connectivity index (χ2n) is 9.60. The first-order valence-corrected chi connectivity index (χ1v) is 15.1. The molecule has 1 atom stereocenters. The molecule has 0 unspecified atom stereocenters. The lowest BCUT2D eigenvalue weighted by Gasteiger charge is -2.34. The molecule has 0 saturated carbocycles. The van der Waals surface area contributed by atoms with Crippen LogP contribution in [0.15, 0.2) is 72.8 Å². The number of benzene rings is 3. The van der Waals surface area contributed by atoms with Crippen molar-refractivity contribution in [2.45, 2.75) is 46.2 Å². The number of carbonyl (C=O) groups excluding carboxylic acids is 2. The van der Waals surface area contributed by atoms with E-state index in [1.54, 1.807) is 30.3 Å². The first-order valence-electron chi connectivity index (χ1n) is 12.9. The molecule has 0 heterocycles. The van der Waals surface area contributed by atoms with E-state index in [1.807, 2.05) is 63.2 Å². The van der Waals surface area contributed by atoms with Crippen molar-refractivity contribution in [3.05, 3.63) is 100 Å². The number of anilines is 1. The van der Waals surface area contributed by atoms with Gasteiger partial charge in [0.15, 0.2) is 0 Å². The quantitative estimate of drug-likeness (QED) is 0.336. The number of hydrogen-bond donors (Lipinski definition) is 1. The summed E-state index contributed by atoms with van der Waals surface area (Å²) in [6.07, 6.45) is 2.07. The number of amides is 2. The smallest absolute Gasteiger partial charge is 0.244 e. The predicted octanol–water partition coefficient (Wildman–Crippen LogP) is 4.89. The van der Waals surface area contributed by atoms with Crippen LogP contribution in [-0.4, -0.2) is 50.5 Å². The molecule has 7 nitrogen and oxygen atoms in total. The summed E-state index contributed by atoms with van der Waals surface area (Å²) in [7, 11) is -3.83. The Bertz CT molecular complexity index is 1400. The van der Waals surface area contributed by atoms with Gasteiger partial charge >= 0.3 is 0 Å². The zero-order valence-electron chi connectivity index (χ0n) is 22.9. The van der Waals surface area contributed by atoms with Crippen molar-refractivity contribution in [3.63, 3.8) is 0 Å². The molecule has 0 aromatic heterocycles. The Hall–Kier alpha value is -3.36. The van der Waals surface area contributed by atoms with Crippen LogP contribution in [0.1, 0.15) is 35.6 Å². The van der Waals surface area contributed by atoms with Crippen molar-refractivity contribution in [1.29, 1.82) is 0 Å². The first-order chi connectivity index (χ1) is 18.5. The van der Waals surface area contributed by atoms with Gasteiger partial charge in [0.05, 0.1) is 11.9 Å². The van der Waals surface area contributed by atoms with E-state index >= 15 is 0 Å². The molecule has 9 heteroatoms. The van der Waals surface area contributed by atoms with Crippen molar-refractivity contribution in [3.8, 4) is 0 Å². The number of rotatable bonds is 12. The van der Waals surface area contributed by atoms with Gasteiger partial charge in [-0.1, -0.05) is 79.2 Å². The molecule has 0 aliphatic heterocycles. The predicted molar refractivity (Wildman–Crippen MR) is 157 cm³/mol. The summed E-state index contributed by atoms with van der Waals surface area (Å²) < 4.78 is 27.0. The first kappa shape index (κ1) is 30.2. The molecule has 3 aromatic carbocycles. The Labute approximate surface area is 236 Å². The Balaban J connectivity index is 2.08. The lowest BCUT2D eigenvalue weighted by atomic mass is 10.0. The van der Waals surface area contributed by atoms with Gasteiger partial charge < -0.3 is 10.2 Å². The van der Waals surface area contributed by atoms with Crippen molar-refractivity contribution >= 4 is 39.1 Å². The highest BCUT2D eigenvalue weighted by molar-refractivity contribution is 7.92. The van der Waals surface area contributed by atoms with Crippen LogP contribution in [0.2, 0.25) is 5.02 Å². The fourth-order valence-corrected chi connectivity index (χ4v) is 5.43. The average Bonchev–Trinajstić information content (AvgIpc) is 2.90. The van der Waals surface area contributed by atoms with E-state index in [0.29, 0.717) is 22.8 Å². The maximum atomic E-state index is 14.1. The number of nitrogens with one attached hydrogen (secondary N) is 1. The summed E-state index contributed by atoms with van der Waals surface area (Å²) in [5.74, 6) is -0.812. The summed E-state index contributed by atoms with van der Waals surface area (Å²) in [5, 5.41) is 3.38. The lowest BCUT2D eigenvalue weighted by molar-refractivity contribution is -0.140. The van der Waals surface area contributed by atoms with Crippen LogP contribution < -0.4 is 9.62 Å². The third-order valence-electron chi connectivity index (χ3n) is 6.64. The Kier molecular flexibility index (Phi) is 10.5. The minimum atomic E-state index is -3.83. The molecule has 0 spiro atoms. The van der Waals surface area contributed by atoms with Crippen molar-refractivity contribution < 1.29 is 18.0 Å². The molecule has 208 valence electrons. The van der Waals surface area contributed by atoms with E-state index in [1.165, 1.54) is 4.90 Å². The van der Waals surface area contributed by atoms with Gasteiger partial charge in [0.2, 0.25) is 21.8 Å². The standard InChI is InChI=1S/C30H36ClN3O4S/c1-5-18-32-30(36)28(19-24-13-7-6-8-14-24)33(20-25-15-9-10-16-26(25)31)29(35)21-34(39(4,37)38)27-17-11-12-22(2)23(27)3/h6-17,28H,5,18-21H2,1-4H3,(H,32,36)/t28-/m1/s1. The number of carbonyl (C=O) groups is 2. The molecule has 1 N–H and O–H groups in total. The van der Waals surface area contributed by atoms with Crippen molar-refractivity contribution in [2.75, 3.05) is 23.7 Å². The summed E-state index contributed by atoms with van der Waals surface area (Å²) >= 11 is 6.47. The van der Waals surface area contributed by atoms with E-state index in [-0.39, 0.29) is 18.9 Å². The summed E-state index contributed by atoms with van der Waals surface area (Å²) in [5.41, 5.74) is 3.63. The van der Waals surface area contributed by atoms with Crippen LogP contribution in [0.25, 0.3) is 0 Å². The van der Waals surface area contributed by atoms with Gasteiger partial charge in [-0.3, -0.25) is 13.9 Å². The minimum absolute atomic E-state index is 0.0416. The zero-order valence-corrected chi connectivity index (χ0v) is 24.4. The maximum absolute atomic E-state index is 14.1. The van der Waals surface area contributed by atoms with E-state index in [2.05, 4.69) is 5.32 Å². The second-order valence-corrected chi connectivity index (χ2v) is 11.9. The molecule has 2 amide bonds. The molecule has 0 saturated heterocycles. The molecular formula is C30H36ClN3O4S. The molecule has 3 rings (SSSR count). The highest BCUT2D eigenvalue weighted by atomic mass is 35.5. The zero-order chi connectivity index (χ0) is 28.6. The van der Waals surface area contributed by atoms with E-state index < -0.39 is 28.5 Å². The third kappa shape index (κ3) is 8.07. The van der Waals surface area contributed by atoms with Crippen LogP contribution in [0.5, 0.6) is 0 Å². The Morgan fingerprint density at radius 3 is 2.26 bits per heavy atom. The van der Waals surface area contributed by atoms with Crippen LogP contribution in [0.3, 0.4) is 0 Å². The highest BCUT2D eigenvalue weighted by Gasteiger charge is 2.33. The van der Waals surface area contributed by atoms with E-state index in [9.17, 15) is 18.0 Å². The monoisotopic (exact) mass is 569 g/mol. The van der Waals surface area contributed by atoms with Gasteiger partial charge in [0, 0.05) is 24.5 Å². The lowest BCUT2D eigenvalue weighted by Crippen LogP contribution is -2.53. The topological polar surface area (TPSA) is 86.8 Å². The van der Waals surface area contributed by atoms with Gasteiger partial charge in [-0.25, -0.2) is 8.42 Å². The van der Waals surface area contributed by atoms with Crippen LogP contribution >= 0.6 is 11.6 Å². The number of halogens is 1. The van der Waals surface area contributed by atoms with Gasteiger partial charge in [-0.05, 0) is 54.7 Å². The van der Waals surface area contributed by atoms with E-state index in [0.717, 1.165) is 33.7 Å². The summed E-state index contributed by atoms with van der Waals surface area (Å²) in [6, 6.07) is 21.0. The molecule has 0 radical (unpaired) electrons. The van der Waals surface area contributed by atoms with E-state index in [4.69, 9.17) is 11.6 Å². The summed E-state index contributed by atoms with van der Waals surface area (Å²) in [4.78, 5) is 29.0. The molecule has 0 bridgehead atoms. The maximum Gasteiger partial charge on any atom is 0.244 e.